The third-order valence-corrected chi connectivity index (χ3v) is 3.30. The molecule has 4 heteroatoms. The SMILES string of the molecule is CCC(C(=O)O)N1CCC(O)c2ccccc21. The zero-order chi connectivity index (χ0) is 12.4. The van der Waals surface area contributed by atoms with Crippen LogP contribution in [-0.2, 0) is 4.79 Å². The van der Waals surface area contributed by atoms with Crippen LogP contribution >= 0.6 is 0 Å². The van der Waals surface area contributed by atoms with Gasteiger partial charge in [-0.25, -0.2) is 4.79 Å². The van der Waals surface area contributed by atoms with Crippen LogP contribution in [0.5, 0.6) is 0 Å². The standard InChI is InChI=1S/C13H17NO3/c1-2-10(13(16)17)14-8-7-12(15)9-5-3-4-6-11(9)14/h3-6,10,12,15H,2,7-8H2,1H3,(H,16,17). The summed E-state index contributed by atoms with van der Waals surface area (Å²) >= 11 is 0. The minimum Gasteiger partial charge on any atom is -0.480 e. The number of nitrogens with zero attached hydrogens (tertiary/aromatic N) is 1. The molecule has 1 aliphatic rings. The van der Waals surface area contributed by atoms with Gasteiger partial charge < -0.3 is 15.1 Å². The number of hydrogen-bond acceptors (Lipinski definition) is 3. The Balaban J connectivity index is 2.38. The number of rotatable bonds is 3. The van der Waals surface area contributed by atoms with E-state index < -0.39 is 18.1 Å². The van der Waals surface area contributed by atoms with Crippen LogP contribution in [0.3, 0.4) is 0 Å². The lowest BCUT2D eigenvalue weighted by atomic mass is 9.97. The van der Waals surface area contributed by atoms with Gasteiger partial charge >= 0.3 is 5.97 Å². The smallest absolute Gasteiger partial charge is 0.326 e. The van der Waals surface area contributed by atoms with Gasteiger partial charge in [0.05, 0.1) is 6.10 Å². The first-order valence-corrected chi connectivity index (χ1v) is 5.91. The molecule has 0 aromatic heterocycles. The van der Waals surface area contributed by atoms with Crippen molar-refractivity contribution >= 4 is 11.7 Å². The minimum absolute atomic E-state index is 0.478. The van der Waals surface area contributed by atoms with Gasteiger partial charge in [-0.15, -0.1) is 0 Å². The molecule has 1 heterocycles. The molecule has 2 unspecified atom stereocenters. The van der Waals surface area contributed by atoms with E-state index in [2.05, 4.69) is 0 Å². The molecule has 92 valence electrons. The van der Waals surface area contributed by atoms with Gasteiger partial charge in [0.1, 0.15) is 6.04 Å². The normalized spacial score (nSPS) is 20.8. The third-order valence-electron chi connectivity index (χ3n) is 3.30. The molecule has 0 bridgehead atoms. The first-order chi connectivity index (χ1) is 8.15. The average molecular weight is 235 g/mol. The van der Waals surface area contributed by atoms with Crippen molar-refractivity contribution in [3.05, 3.63) is 29.8 Å². The maximum Gasteiger partial charge on any atom is 0.326 e. The summed E-state index contributed by atoms with van der Waals surface area (Å²) in [5.41, 5.74) is 1.68. The first kappa shape index (κ1) is 11.9. The van der Waals surface area contributed by atoms with Crippen LogP contribution in [0.2, 0.25) is 0 Å². The number of aliphatic hydroxyl groups is 1. The molecule has 2 rings (SSSR count). The van der Waals surface area contributed by atoms with E-state index in [0.717, 1.165) is 11.3 Å². The number of benzene rings is 1. The highest BCUT2D eigenvalue weighted by Crippen LogP contribution is 2.35. The van der Waals surface area contributed by atoms with Gasteiger partial charge in [0.15, 0.2) is 0 Å². The fourth-order valence-corrected chi connectivity index (χ4v) is 2.42. The maximum atomic E-state index is 11.2. The number of fused-ring (bicyclic) bond motifs is 1. The van der Waals surface area contributed by atoms with Crippen LogP contribution in [0, 0.1) is 0 Å². The highest BCUT2D eigenvalue weighted by Gasteiger charge is 2.30. The highest BCUT2D eigenvalue weighted by molar-refractivity contribution is 5.79. The Morgan fingerprint density at radius 1 is 1.53 bits per heavy atom. The van der Waals surface area contributed by atoms with Crippen LogP contribution in [0.4, 0.5) is 5.69 Å². The van der Waals surface area contributed by atoms with Crippen LogP contribution in [0.25, 0.3) is 0 Å². The van der Waals surface area contributed by atoms with E-state index >= 15 is 0 Å². The fourth-order valence-electron chi connectivity index (χ4n) is 2.42. The first-order valence-electron chi connectivity index (χ1n) is 5.91. The number of anilines is 1. The van der Waals surface area contributed by atoms with E-state index in [4.69, 9.17) is 0 Å². The van der Waals surface area contributed by atoms with E-state index in [1.807, 2.05) is 36.1 Å². The summed E-state index contributed by atoms with van der Waals surface area (Å²) in [4.78, 5) is 13.1. The van der Waals surface area contributed by atoms with Gasteiger partial charge in [0.25, 0.3) is 0 Å². The van der Waals surface area contributed by atoms with Crippen molar-refractivity contribution in [2.24, 2.45) is 0 Å². The van der Waals surface area contributed by atoms with Crippen molar-refractivity contribution in [2.45, 2.75) is 31.9 Å². The molecule has 0 saturated heterocycles. The summed E-state index contributed by atoms with van der Waals surface area (Å²) in [6, 6.07) is 6.97. The second-order valence-electron chi connectivity index (χ2n) is 4.32. The third kappa shape index (κ3) is 2.13. The number of carbonyl (C=O) groups is 1. The minimum atomic E-state index is -0.807. The second-order valence-corrected chi connectivity index (χ2v) is 4.32. The topological polar surface area (TPSA) is 60.8 Å². The summed E-state index contributed by atoms with van der Waals surface area (Å²) in [5.74, 6) is -0.807. The van der Waals surface area contributed by atoms with Crippen LogP contribution in [-0.4, -0.2) is 28.8 Å². The number of aliphatic hydroxyl groups excluding tert-OH is 1. The molecule has 1 aromatic rings. The Morgan fingerprint density at radius 2 is 2.24 bits per heavy atom. The van der Waals surface area contributed by atoms with E-state index in [1.165, 1.54) is 0 Å². The number of hydrogen-bond donors (Lipinski definition) is 2. The van der Waals surface area contributed by atoms with Gasteiger partial charge in [0.2, 0.25) is 0 Å². The van der Waals surface area contributed by atoms with Crippen molar-refractivity contribution in [1.82, 2.24) is 0 Å². The molecule has 4 nitrogen and oxygen atoms in total. The van der Waals surface area contributed by atoms with E-state index in [-0.39, 0.29) is 0 Å². The van der Waals surface area contributed by atoms with Crippen LogP contribution in [0.1, 0.15) is 31.4 Å². The molecule has 0 amide bonds. The van der Waals surface area contributed by atoms with Crippen LogP contribution < -0.4 is 4.90 Å². The molecular formula is C13H17NO3. The Morgan fingerprint density at radius 3 is 2.88 bits per heavy atom. The summed E-state index contributed by atoms with van der Waals surface area (Å²) < 4.78 is 0. The number of carboxylic acids is 1. The van der Waals surface area contributed by atoms with Gasteiger partial charge in [-0.3, -0.25) is 0 Å². The van der Waals surface area contributed by atoms with Gasteiger partial charge in [0, 0.05) is 17.8 Å². The summed E-state index contributed by atoms with van der Waals surface area (Å²) in [6.45, 7) is 2.45. The second kappa shape index (κ2) is 4.75. The van der Waals surface area contributed by atoms with Crippen molar-refractivity contribution in [3.63, 3.8) is 0 Å². The predicted molar refractivity (Wildman–Crippen MR) is 65.1 cm³/mol. The summed E-state index contributed by atoms with van der Waals surface area (Å²) in [6.07, 6.45) is 0.661. The molecule has 2 N–H and O–H groups in total. The molecule has 0 saturated carbocycles. The molecule has 0 spiro atoms. The Kier molecular flexibility index (Phi) is 3.33. The average Bonchev–Trinajstić information content (AvgIpc) is 2.33. The number of aliphatic carboxylic acids is 1. The van der Waals surface area contributed by atoms with E-state index in [9.17, 15) is 15.0 Å². The van der Waals surface area contributed by atoms with Crippen molar-refractivity contribution in [2.75, 3.05) is 11.4 Å². The molecular weight excluding hydrogens is 218 g/mol. The molecule has 1 aliphatic heterocycles. The lowest BCUT2D eigenvalue weighted by molar-refractivity contribution is -0.138. The quantitative estimate of drug-likeness (QED) is 0.838. The zero-order valence-corrected chi connectivity index (χ0v) is 9.84. The molecule has 0 radical (unpaired) electrons. The monoisotopic (exact) mass is 235 g/mol. The Labute approximate surface area is 100 Å². The number of carboxylic acid groups (broad SMARTS) is 1. The van der Waals surface area contributed by atoms with Crippen molar-refractivity contribution < 1.29 is 15.0 Å². The van der Waals surface area contributed by atoms with Crippen molar-refractivity contribution in [1.29, 1.82) is 0 Å². The molecule has 17 heavy (non-hydrogen) atoms. The van der Waals surface area contributed by atoms with Gasteiger partial charge in [-0.05, 0) is 18.9 Å². The van der Waals surface area contributed by atoms with E-state index in [0.29, 0.717) is 19.4 Å². The zero-order valence-electron chi connectivity index (χ0n) is 9.84. The summed E-state index contributed by atoms with van der Waals surface area (Å²) in [5, 5.41) is 19.1. The number of para-hydroxylation sites is 1. The maximum absolute atomic E-state index is 11.2. The Hall–Kier alpha value is -1.55. The fraction of sp³-hybridized carbons (Fsp3) is 0.462. The Bertz CT molecular complexity index is 419. The lowest BCUT2D eigenvalue weighted by Gasteiger charge is -2.37. The molecule has 0 fully saturated rings. The van der Waals surface area contributed by atoms with Crippen LogP contribution in [0.15, 0.2) is 24.3 Å². The van der Waals surface area contributed by atoms with E-state index in [1.54, 1.807) is 0 Å². The predicted octanol–water partition coefficient (Wildman–Crippen LogP) is 1.79. The lowest BCUT2D eigenvalue weighted by Crippen LogP contribution is -2.44. The summed E-state index contributed by atoms with van der Waals surface area (Å²) in [7, 11) is 0. The molecule has 0 aliphatic carbocycles. The largest absolute Gasteiger partial charge is 0.480 e. The molecule has 2 atom stereocenters. The van der Waals surface area contributed by atoms with Crippen molar-refractivity contribution in [3.8, 4) is 0 Å². The molecule has 1 aromatic carbocycles. The van der Waals surface area contributed by atoms with Gasteiger partial charge in [-0.1, -0.05) is 25.1 Å². The van der Waals surface area contributed by atoms with Gasteiger partial charge in [-0.2, -0.15) is 0 Å². The highest BCUT2D eigenvalue weighted by atomic mass is 16.4.